The fraction of sp³-hybridized carbons (Fsp3) is 0.0556. The first-order chi connectivity index (χ1) is 10.8. The van der Waals surface area contributed by atoms with Gasteiger partial charge in [0.1, 0.15) is 0 Å². The number of likely N-dealkylation sites (N-methyl/N-ethyl adjacent to an activating group) is 1. The van der Waals surface area contributed by atoms with E-state index in [0.717, 1.165) is 27.6 Å². The van der Waals surface area contributed by atoms with Crippen LogP contribution in [0.25, 0.3) is 28.1 Å². The smallest absolute Gasteiger partial charge is 0.243 e. The second kappa shape index (κ2) is 6.18. The van der Waals surface area contributed by atoms with Crippen molar-refractivity contribution in [2.75, 3.05) is 7.05 Å². The quantitative estimate of drug-likeness (QED) is 0.754. The zero-order chi connectivity index (χ0) is 15.4. The molecule has 1 amide bonds. The molecule has 0 spiro atoms. The maximum absolute atomic E-state index is 11.4. The molecule has 0 aliphatic heterocycles. The van der Waals surface area contributed by atoms with Crippen LogP contribution in [0, 0.1) is 0 Å². The van der Waals surface area contributed by atoms with Gasteiger partial charge in [-0.05, 0) is 41.5 Å². The first kappa shape index (κ1) is 13.9. The molecule has 0 aliphatic rings. The summed E-state index contributed by atoms with van der Waals surface area (Å²) in [6, 6.07) is 11.9. The Bertz CT molecular complexity index is 856. The van der Waals surface area contributed by atoms with E-state index in [1.54, 1.807) is 31.7 Å². The van der Waals surface area contributed by atoms with Crippen LogP contribution in [0.2, 0.25) is 0 Å². The highest BCUT2D eigenvalue weighted by Crippen LogP contribution is 2.26. The Morgan fingerprint density at radius 2 is 2.09 bits per heavy atom. The van der Waals surface area contributed by atoms with Gasteiger partial charge in [0.15, 0.2) is 0 Å². The van der Waals surface area contributed by atoms with Crippen LogP contribution in [0.15, 0.2) is 61.1 Å². The molecule has 3 aromatic rings. The van der Waals surface area contributed by atoms with Gasteiger partial charge in [-0.25, -0.2) is 0 Å². The van der Waals surface area contributed by atoms with Crippen molar-refractivity contribution in [2.24, 2.45) is 0 Å². The van der Waals surface area contributed by atoms with Gasteiger partial charge >= 0.3 is 0 Å². The predicted molar refractivity (Wildman–Crippen MR) is 88.1 cm³/mol. The molecule has 0 radical (unpaired) electrons. The molecule has 4 nitrogen and oxygen atoms in total. The lowest BCUT2D eigenvalue weighted by molar-refractivity contribution is -0.115. The fourth-order valence-electron chi connectivity index (χ4n) is 2.28. The molecule has 1 N–H and O–H groups in total. The van der Waals surface area contributed by atoms with Gasteiger partial charge in [0.2, 0.25) is 5.91 Å². The molecule has 2 aromatic heterocycles. The van der Waals surface area contributed by atoms with Gasteiger partial charge in [-0.1, -0.05) is 12.1 Å². The Kier molecular flexibility index (Phi) is 3.92. The number of fused-ring (bicyclic) bond motifs is 1. The van der Waals surface area contributed by atoms with Gasteiger partial charge in [-0.3, -0.25) is 14.8 Å². The van der Waals surface area contributed by atoms with Crippen molar-refractivity contribution in [3.05, 3.63) is 66.6 Å². The molecule has 4 heteroatoms. The van der Waals surface area contributed by atoms with Crippen LogP contribution in [0.4, 0.5) is 0 Å². The molecule has 0 atom stereocenters. The molecular formula is C18H15N3O. The van der Waals surface area contributed by atoms with Crippen molar-refractivity contribution >= 4 is 22.9 Å². The SMILES string of the molecule is CNC(=O)/C=C/c1ccncc1-c1ccc2ncccc2c1. The number of pyridine rings is 2. The third-order valence-corrected chi connectivity index (χ3v) is 3.43. The van der Waals surface area contributed by atoms with Gasteiger partial charge in [0, 0.05) is 42.7 Å². The van der Waals surface area contributed by atoms with E-state index in [1.165, 1.54) is 6.08 Å². The molecule has 0 fully saturated rings. The highest BCUT2D eigenvalue weighted by Gasteiger charge is 2.05. The van der Waals surface area contributed by atoms with E-state index in [4.69, 9.17) is 0 Å². The molecule has 0 saturated heterocycles. The molecule has 0 aliphatic carbocycles. The number of amides is 1. The van der Waals surface area contributed by atoms with Crippen LogP contribution in [0.3, 0.4) is 0 Å². The highest BCUT2D eigenvalue weighted by atomic mass is 16.1. The Balaban J connectivity index is 2.06. The Hall–Kier alpha value is -3.01. The number of hydrogen-bond donors (Lipinski definition) is 1. The van der Waals surface area contributed by atoms with Gasteiger partial charge in [-0.2, -0.15) is 0 Å². The zero-order valence-corrected chi connectivity index (χ0v) is 12.2. The Morgan fingerprint density at radius 1 is 1.18 bits per heavy atom. The topological polar surface area (TPSA) is 54.9 Å². The average molecular weight is 289 g/mol. The third-order valence-electron chi connectivity index (χ3n) is 3.43. The summed E-state index contributed by atoms with van der Waals surface area (Å²) in [6.45, 7) is 0. The van der Waals surface area contributed by atoms with Crippen LogP contribution in [0.1, 0.15) is 5.56 Å². The lowest BCUT2D eigenvalue weighted by atomic mass is 10.00. The minimum absolute atomic E-state index is 0.134. The van der Waals surface area contributed by atoms with E-state index in [2.05, 4.69) is 21.4 Å². The Labute approximate surface area is 128 Å². The van der Waals surface area contributed by atoms with Gasteiger partial charge in [0.25, 0.3) is 0 Å². The maximum atomic E-state index is 11.4. The van der Waals surface area contributed by atoms with Crippen LogP contribution >= 0.6 is 0 Å². The van der Waals surface area contributed by atoms with Crippen molar-refractivity contribution in [3.8, 4) is 11.1 Å². The summed E-state index contributed by atoms with van der Waals surface area (Å²) in [7, 11) is 1.61. The van der Waals surface area contributed by atoms with E-state index >= 15 is 0 Å². The summed E-state index contributed by atoms with van der Waals surface area (Å²) in [6.07, 6.45) is 8.62. The van der Waals surface area contributed by atoms with Crippen LogP contribution in [0.5, 0.6) is 0 Å². The van der Waals surface area contributed by atoms with Gasteiger partial charge in [-0.15, -0.1) is 0 Å². The van der Waals surface area contributed by atoms with E-state index < -0.39 is 0 Å². The Morgan fingerprint density at radius 3 is 2.95 bits per heavy atom. The lowest BCUT2D eigenvalue weighted by Crippen LogP contribution is -2.13. The van der Waals surface area contributed by atoms with E-state index in [1.807, 2.05) is 30.3 Å². The summed E-state index contributed by atoms with van der Waals surface area (Å²) in [5.41, 5.74) is 3.93. The lowest BCUT2D eigenvalue weighted by Gasteiger charge is -2.07. The number of benzene rings is 1. The standard InChI is InChI=1S/C18H15N3O/c1-19-18(22)7-5-13-8-10-20-12-16(13)14-4-6-17-15(11-14)3-2-9-21-17/h2-12H,1H3,(H,19,22)/b7-5+. The largest absolute Gasteiger partial charge is 0.356 e. The van der Waals surface area contributed by atoms with Crippen LogP contribution in [-0.4, -0.2) is 22.9 Å². The van der Waals surface area contributed by atoms with Crippen molar-refractivity contribution in [1.82, 2.24) is 15.3 Å². The van der Waals surface area contributed by atoms with Crippen LogP contribution < -0.4 is 5.32 Å². The molecule has 22 heavy (non-hydrogen) atoms. The molecule has 0 saturated carbocycles. The molecule has 108 valence electrons. The molecule has 3 rings (SSSR count). The summed E-state index contributed by atoms with van der Waals surface area (Å²) >= 11 is 0. The zero-order valence-electron chi connectivity index (χ0n) is 12.2. The van der Waals surface area contributed by atoms with Crippen molar-refractivity contribution in [1.29, 1.82) is 0 Å². The minimum atomic E-state index is -0.134. The molecule has 1 aromatic carbocycles. The maximum Gasteiger partial charge on any atom is 0.243 e. The first-order valence-electron chi connectivity index (χ1n) is 6.97. The van der Waals surface area contributed by atoms with E-state index in [-0.39, 0.29) is 5.91 Å². The number of aromatic nitrogens is 2. The average Bonchev–Trinajstić information content (AvgIpc) is 2.59. The van der Waals surface area contributed by atoms with Gasteiger partial charge < -0.3 is 5.32 Å². The number of nitrogens with one attached hydrogen (secondary N) is 1. The number of rotatable bonds is 3. The first-order valence-corrected chi connectivity index (χ1v) is 6.97. The molecular weight excluding hydrogens is 274 g/mol. The molecule has 0 bridgehead atoms. The number of carbonyl (C=O) groups excluding carboxylic acids is 1. The van der Waals surface area contributed by atoms with E-state index in [0.29, 0.717) is 0 Å². The second-order valence-corrected chi connectivity index (χ2v) is 4.82. The highest BCUT2D eigenvalue weighted by molar-refractivity contribution is 5.93. The summed E-state index contributed by atoms with van der Waals surface area (Å²) < 4.78 is 0. The number of nitrogens with zero attached hydrogens (tertiary/aromatic N) is 2. The van der Waals surface area contributed by atoms with Crippen LogP contribution in [-0.2, 0) is 4.79 Å². The fourth-order valence-corrected chi connectivity index (χ4v) is 2.28. The second-order valence-electron chi connectivity index (χ2n) is 4.82. The van der Waals surface area contributed by atoms with Crippen molar-refractivity contribution in [3.63, 3.8) is 0 Å². The van der Waals surface area contributed by atoms with Gasteiger partial charge in [0.05, 0.1) is 5.52 Å². The number of hydrogen-bond acceptors (Lipinski definition) is 3. The molecule has 2 heterocycles. The minimum Gasteiger partial charge on any atom is -0.356 e. The third kappa shape index (κ3) is 2.86. The summed E-state index contributed by atoms with van der Waals surface area (Å²) in [5, 5.41) is 3.64. The normalized spacial score (nSPS) is 11.0. The van der Waals surface area contributed by atoms with Crippen molar-refractivity contribution < 1.29 is 4.79 Å². The van der Waals surface area contributed by atoms with Crippen molar-refractivity contribution in [2.45, 2.75) is 0 Å². The number of carbonyl (C=O) groups is 1. The monoisotopic (exact) mass is 289 g/mol. The summed E-state index contributed by atoms with van der Waals surface area (Å²) in [4.78, 5) is 19.9. The summed E-state index contributed by atoms with van der Waals surface area (Å²) in [5.74, 6) is -0.134. The molecule has 0 unspecified atom stereocenters. The predicted octanol–water partition coefficient (Wildman–Crippen LogP) is 3.06. The van der Waals surface area contributed by atoms with E-state index in [9.17, 15) is 4.79 Å².